The molecule has 114 valence electrons. The van der Waals surface area contributed by atoms with Crippen molar-refractivity contribution in [3.63, 3.8) is 0 Å². The first-order valence-electron chi connectivity index (χ1n) is 7.21. The van der Waals surface area contributed by atoms with Gasteiger partial charge in [-0.25, -0.2) is 9.78 Å². The van der Waals surface area contributed by atoms with E-state index in [2.05, 4.69) is 4.98 Å². The van der Waals surface area contributed by atoms with Crippen molar-refractivity contribution in [2.24, 2.45) is 0 Å². The monoisotopic (exact) mass is 309 g/mol. The quantitative estimate of drug-likeness (QED) is 0.800. The first-order valence-corrected chi connectivity index (χ1v) is 8.09. The van der Waals surface area contributed by atoms with Crippen LogP contribution in [0.3, 0.4) is 0 Å². The van der Waals surface area contributed by atoms with Crippen LogP contribution in [0.25, 0.3) is 0 Å². The number of ether oxygens (including phenoxy) is 1. The van der Waals surface area contributed by atoms with Gasteiger partial charge in [-0.15, -0.1) is 11.3 Å². The number of amides is 3. The molecule has 3 amide bonds. The van der Waals surface area contributed by atoms with E-state index < -0.39 is 0 Å². The van der Waals surface area contributed by atoms with E-state index >= 15 is 0 Å². The zero-order valence-corrected chi connectivity index (χ0v) is 13.1. The fourth-order valence-corrected chi connectivity index (χ4v) is 3.68. The molecule has 6 nitrogen and oxygen atoms in total. The topological polar surface area (TPSA) is 62.7 Å². The summed E-state index contributed by atoms with van der Waals surface area (Å²) in [6.07, 6.45) is 2.71. The molecule has 3 rings (SSSR count). The van der Waals surface area contributed by atoms with Crippen molar-refractivity contribution < 1.29 is 14.3 Å². The molecule has 2 saturated heterocycles. The number of piperidine rings is 1. The molecule has 2 atom stereocenters. The average molecular weight is 309 g/mol. The maximum atomic E-state index is 12.4. The van der Waals surface area contributed by atoms with Crippen LogP contribution in [0.5, 0.6) is 0 Å². The number of rotatable bonds is 4. The fourth-order valence-electron chi connectivity index (χ4n) is 2.84. The molecule has 0 bridgehead atoms. The van der Waals surface area contributed by atoms with Gasteiger partial charge in [-0.1, -0.05) is 0 Å². The predicted molar refractivity (Wildman–Crippen MR) is 77.8 cm³/mol. The number of aromatic nitrogens is 1. The van der Waals surface area contributed by atoms with E-state index in [1.807, 2.05) is 12.3 Å². The largest absolute Gasteiger partial charge is 0.375 e. The van der Waals surface area contributed by atoms with E-state index in [1.165, 1.54) is 16.2 Å². The van der Waals surface area contributed by atoms with E-state index in [9.17, 15) is 9.59 Å². The van der Waals surface area contributed by atoms with Crippen molar-refractivity contribution in [1.82, 2.24) is 14.8 Å². The zero-order valence-electron chi connectivity index (χ0n) is 12.2. The van der Waals surface area contributed by atoms with Crippen molar-refractivity contribution in [1.29, 1.82) is 0 Å². The molecule has 2 aliphatic rings. The molecule has 0 N–H and O–H groups in total. The first kappa shape index (κ1) is 14.5. The number of hydrogen-bond donors (Lipinski definition) is 0. The summed E-state index contributed by atoms with van der Waals surface area (Å²) in [5, 5.41) is 2.76. The minimum atomic E-state index is -0.248. The van der Waals surface area contributed by atoms with Crippen LogP contribution < -0.4 is 0 Å². The van der Waals surface area contributed by atoms with Crippen LogP contribution in [0.2, 0.25) is 0 Å². The predicted octanol–water partition coefficient (Wildman–Crippen LogP) is 2.17. The van der Waals surface area contributed by atoms with Crippen LogP contribution >= 0.6 is 11.3 Å². The van der Waals surface area contributed by atoms with E-state index in [0.29, 0.717) is 6.54 Å². The molecule has 2 fully saturated rings. The molecule has 7 heteroatoms. The summed E-state index contributed by atoms with van der Waals surface area (Å²) in [4.78, 5) is 32.2. The smallest absolute Gasteiger partial charge is 0.327 e. The minimum Gasteiger partial charge on any atom is -0.375 e. The zero-order chi connectivity index (χ0) is 15.0. The van der Waals surface area contributed by atoms with E-state index in [-0.39, 0.29) is 30.6 Å². The van der Waals surface area contributed by atoms with Gasteiger partial charge < -0.3 is 9.64 Å². The minimum absolute atomic E-state index is 0.0694. The van der Waals surface area contributed by atoms with Crippen molar-refractivity contribution in [2.45, 2.75) is 44.9 Å². The molecule has 1 aromatic rings. The second kappa shape index (κ2) is 5.73. The van der Waals surface area contributed by atoms with Gasteiger partial charge in [-0.3, -0.25) is 9.69 Å². The van der Waals surface area contributed by atoms with E-state index in [1.54, 1.807) is 12.0 Å². The number of methoxy groups -OCH3 is 1. The lowest BCUT2D eigenvalue weighted by molar-refractivity contribution is -0.129. The number of hydrogen-bond acceptors (Lipinski definition) is 5. The molecule has 0 aromatic carbocycles. The Balaban J connectivity index is 1.74. The first-order chi connectivity index (χ1) is 10.1. The molecule has 2 aliphatic heterocycles. The molecule has 2 unspecified atom stereocenters. The lowest BCUT2D eigenvalue weighted by Gasteiger charge is -2.26. The highest BCUT2D eigenvalue weighted by atomic mass is 32.1. The van der Waals surface area contributed by atoms with Gasteiger partial charge in [0.15, 0.2) is 0 Å². The Bertz CT molecular complexity index is 535. The van der Waals surface area contributed by atoms with Crippen LogP contribution in [0, 0.1) is 0 Å². The lowest BCUT2D eigenvalue weighted by Crippen LogP contribution is -2.38. The van der Waals surface area contributed by atoms with Crippen molar-refractivity contribution >= 4 is 23.3 Å². The Morgan fingerprint density at radius 3 is 3.00 bits per heavy atom. The Labute approximate surface area is 127 Å². The van der Waals surface area contributed by atoms with E-state index in [4.69, 9.17) is 4.74 Å². The summed E-state index contributed by atoms with van der Waals surface area (Å²) in [6.45, 7) is 2.88. The highest BCUT2D eigenvalue weighted by Gasteiger charge is 2.45. The summed E-state index contributed by atoms with van der Waals surface area (Å²) in [7, 11) is 1.64. The van der Waals surface area contributed by atoms with Crippen LogP contribution in [-0.4, -0.2) is 46.4 Å². The highest BCUT2D eigenvalue weighted by molar-refractivity contribution is 7.09. The summed E-state index contributed by atoms with van der Waals surface area (Å²) in [6, 6.07) is -0.415. The molecular weight excluding hydrogens is 290 g/mol. The Morgan fingerprint density at radius 2 is 2.29 bits per heavy atom. The summed E-state index contributed by atoms with van der Waals surface area (Å²) in [5.41, 5.74) is 0.750. The van der Waals surface area contributed by atoms with Gasteiger partial charge in [0, 0.05) is 19.0 Å². The number of urea groups is 1. The number of nitrogens with zero attached hydrogens (tertiary/aromatic N) is 3. The molecule has 0 saturated carbocycles. The molecule has 3 heterocycles. The van der Waals surface area contributed by atoms with Gasteiger partial charge in [-0.2, -0.15) is 0 Å². The van der Waals surface area contributed by atoms with Crippen LogP contribution in [0.15, 0.2) is 5.38 Å². The third kappa shape index (κ3) is 2.55. The highest BCUT2D eigenvalue weighted by Crippen LogP contribution is 2.28. The lowest BCUT2D eigenvalue weighted by atomic mass is 10.0. The van der Waals surface area contributed by atoms with Gasteiger partial charge in [0.2, 0.25) is 0 Å². The SMILES string of the molecule is COC(C)c1nc(CN2C(=O)C3CCCCN3C2=O)cs1. The fraction of sp³-hybridized carbons (Fsp3) is 0.643. The van der Waals surface area contributed by atoms with Gasteiger partial charge in [0.1, 0.15) is 17.2 Å². The maximum absolute atomic E-state index is 12.4. The normalized spacial score (nSPS) is 23.6. The summed E-state index contributed by atoms with van der Waals surface area (Å²) in [5.74, 6) is -0.0750. The summed E-state index contributed by atoms with van der Waals surface area (Å²) < 4.78 is 5.23. The number of fused-ring (bicyclic) bond motifs is 1. The number of imide groups is 1. The Hall–Kier alpha value is -1.47. The average Bonchev–Trinajstić information content (AvgIpc) is 3.07. The van der Waals surface area contributed by atoms with Gasteiger partial charge in [-0.05, 0) is 26.2 Å². The van der Waals surface area contributed by atoms with Gasteiger partial charge in [0.05, 0.1) is 12.2 Å². The molecule has 0 radical (unpaired) electrons. The molecular formula is C14H19N3O3S. The van der Waals surface area contributed by atoms with Crippen molar-refractivity contribution in [3.05, 3.63) is 16.1 Å². The second-order valence-corrected chi connectivity index (χ2v) is 6.36. The van der Waals surface area contributed by atoms with E-state index in [0.717, 1.165) is 30.0 Å². The summed E-state index contributed by atoms with van der Waals surface area (Å²) >= 11 is 1.49. The molecule has 0 spiro atoms. The Morgan fingerprint density at radius 1 is 1.48 bits per heavy atom. The third-order valence-corrected chi connectivity index (χ3v) is 5.18. The molecule has 0 aliphatic carbocycles. The second-order valence-electron chi connectivity index (χ2n) is 5.47. The van der Waals surface area contributed by atoms with Crippen LogP contribution in [0.1, 0.15) is 43.0 Å². The van der Waals surface area contributed by atoms with Gasteiger partial charge in [0.25, 0.3) is 5.91 Å². The van der Waals surface area contributed by atoms with Crippen LogP contribution in [0.4, 0.5) is 4.79 Å². The Kier molecular flexibility index (Phi) is 3.95. The van der Waals surface area contributed by atoms with Crippen LogP contribution in [-0.2, 0) is 16.1 Å². The number of carbonyl (C=O) groups is 2. The van der Waals surface area contributed by atoms with Crippen molar-refractivity contribution in [2.75, 3.05) is 13.7 Å². The van der Waals surface area contributed by atoms with Crippen molar-refractivity contribution in [3.8, 4) is 0 Å². The van der Waals surface area contributed by atoms with Gasteiger partial charge >= 0.3 is 6.03 Å². The maximum Gasteiger partial charge on any atom is 0.327 e. The number of carbonyl (C=O) groups excluding carboxylic acids is 2. The molecule has 21 heavy (non-hydrogen) atoms. The standard InChI is InChI=1S/C14H19N3O3S/c1-9(20-2)12-15-10(8-21-12)7-17-13(18)11-5-3-4-6-16(11)14(17)19/h8-9,11H,3-7H2,1-2H3. The molecule has 1 aromatic heterocycles. The third-order valence-electron chi connectivity index (χ3n) is 4.12. The number of thiazole rings is 1.